The van der Waals surface area contributed by atoms with E-state index in [1.54, 1.807) is 6.08 Å². The zero-order chi connectivity index (χ0) is 13.1. The number of hydrogen-bond donors (Lipinski definition) is 3. The first kappa shape index (κ1) is 15.1. The van der Waals surface area contributed by atoms with Gasteiger partial charge in [-0.2, -0.15) is 0 Å². The van der Waals surface area contributed by atoms with E-state index in [1.165, 1.54) is 0 Å². The lowest BCUT2D eigenvalue weighted by atomic mass is 10.3. The number of piperazine rings is 1. The number of nitrogens with one attached hydrogen (secondary N) is 3. The van der Waals surface area contributed by atoms with Crippen molar-refractivity contribution in [1.82, 2.24) is 20.9 Å². The fourth-order valence-corrected chi connectivity index (χ4v) is 1.95. The molecule has 2 rings (SSSR count). The van der Waals surface area contributed by atoms with Gasteiger partial charge >= 0.3 is 0 Å². The molecule has 5 nitrogen and oxygen atoms in total. The highest BCUT2D eigenvalue weighted by Crippen LogP contribution is 1.98. The Balaban J connectivity index is 0.000000225. The van der Waals surface area contributed by atoms with Gasteiger partial charge in [0.05, 0.1) is 0 Å². The van der Waals surface area contributed by atoms with Crippen LogP contribution >= 0.6 is 0 Å². The average Bonchev–Trinajstić information content (AvgIpc) is 2.71. The number of amides is 1. The summed E-state index contributed by atoms with van der Waals surface area (Å²) >= 11 is 0. The molecular weight excluding hydrogens is 228 g/mol. The van der Waals surface area contributed by atoms with E-state index >= 15 is 0 Å². The molecule has 2 saturated heterocycles. The van der Waals surface area contributed by atoms with Gasteiger partial charge in [-0.1, -0.05) is 6.08 Å². The molecule has 1 amide bonds. The highest BCUT2D eigenvalue weighted by atomic mass is 16.2. The van der Waals surface area contributed by atoms with Gasteiger partial charge in [0.1, 0.15) is 0 Å². The van der Waals surface area contributed by atoms with Crippen LogP contribution < -0.4 is 16.0 Å². The quantitative estimate of drug-likeness (QED) is 0.585. The third-order valence-electron chi connectivity index (χ3n) is 2.97. The van der Waals surface area contributed by atoms with Crippen molar-refractivity contribution in [2.45, 2.75) is 12.8 Å². The minimum atomic E-state index is 0.203. The van der Waals surface area contributed by atoms with E-state index in [-0.39, 0.29) is 5.91 Å². The Hall–Kier alpha value is -0.910. The zero-order valence-corrected chi connectivity index (χ0v) is 11.2. The van der Waals surface area contributed by atoms with Crippen molar-refractivity contribution in [3.05, 3.63) is 12.7 Å². The summed E-state index contributed by atoms with van der Waals surface area (Å²) in [5.41, 5.74) is 0. The first-order chi connectivity index (χ1) is 8.84. The van der Waals surface area contributed by atoms with E-state index in [1.807, 2.05) is 4.90 Å². The summed E-state index contributed by atoms with van der Waals surface area (Å²) in [6.07, 6.45) is 3.20. The molecule has 0 saturated carbocycles. The van der Waals surface area contributed by atoms with Crippen molar-refractivity contribution in [1.29, 1.82) is 0 Å². The molecule has 0 atom stereocenters. The summed E-state index contributed by atoms with van der Waals surface area (Å²) in [4.78, 5) is 13.3. The van der Waals surface area contributed by atoms with E-state index in [0.717, 1.165) is 58.8 Å². The van der Waals surface area contributed by atoms with Gasteiger partial charge < -0.3 is 20.9 Å². The van der Waals surface area contributed by atoms with Gasteiger partial charge in [0.25, 0.3) is 0 Å². The van der Waals surface area contributed by atoms with Crippen LogP contribution in [-0.2, 0) is 4.79 Å². The van der Waals surface area contributed by atoms with E-state index in [0.29, 0.717) is 6.42 Å². The predicted octanol–water partition coefficient (Wildman–Crippen LogP) is -0.436. The molecule has 0 aromatic heterocycles. The topological polar surface area (TPSA) is 56.4 Å². The van der Waals surface area contributed by atoms with Crippen LogP contribution in [0.15, 0.2) is 12.7 Å². The van der Waals surface area contributed by atoms with Crippen molar-refractivity contribution in [2.24, 2.45) is 0 Å². The molecule has 0 spiro atoms. The largest absolute Gasteiger partial charge is 0.341 e. The van der Waals surface area contributed by atoms with Crippen LogP contribution in [-0.4, -0.2) is 63.2 Å². The van der Waals surface area contributed by atoms with Crippen LogP contribution in [0.3, 0.4) is 0 Å². The first-order valence-corrected chi connectivity index (χ1v) is 6.85. The number of hydrogen-bond acceptors (Lipinski definition) is 4. The second kappa shape index (κ2) is 10.1. The molecule has 2 aliphatic rings. The molecule has 2 aliphatic heterocycles. The lowest BCUT2D eigenvalue weighted by Crippen LogP contribution is -2.39. The van der Waals surface area contributed by atoms with Crippen LogP contribution in [0, 0.1) is 0 Å². The van der Waals surface area contributed by atoms with Gasteiger partial charge in [-0.25, -0.2) is 0 Å². The van der Waals surface area contributed by atoms with E-state index in [2.05, 4.69) is 22.5 Å². The molecule has 2 heterocycles. The lowest BCUT2D eigenvalue weighted by Gasteiger charge is -2.18. The van der Waals surface area contributed by atoms with Crippen LogP contribution in [0.25, 0.3) is 0 Å². The molecule has 0 aliphatic carbocycles. The number of nitrogens with zero attached hydrogens (tertiary/aromatic N) is 1. The Morgan fingerprint density at radius 1 is 1.00 bits per heavy atom. The van der Waals surface area contributed by atoms with E-state index < -0.39 is 0 Å². The van der Waals surface area contributed by atoms with Crippen LogP contribution in [0.4, 0.5) is 0 Å². The van der Waals surface area contributed by atoms with E-state index in [9.17, 15) is 4.79 Å². The Morgan fingerprint density at radius 2 is 1.61 bits per heavy atom. The molecule has 0 bridgehead atoms. The SMILES string of the molecule is C1CNCCN1.C=CCC(=O)N1CCCNCC1. The average molecular weight is 254 g/mol. The summed E-state index contributed by atoms with van der Waals surface area (Å²) in [5, 5.41) is 9.70. The number of carbonyl (C=O) groups excluding carboxylic acids is 1. The Kier molecular flexibility index (Phi) is 8.46. The number of rotatable bonds is 2. The summed E-state index contributed by atoms with van der Waals surface area (Å²) in [6, 6.07) is 0. The molecule has 104 valence electrons. The maximum absolute atomic E-state index is 11.4. The van der Waals surface area contributed by atoms with Gasteiger partial charge in [0.2, 0.25) is 5.91 Å². The minimum absolute atomic E-state index is 0.203. The molecular formula is C13H26N4O. The third-order valence-corrected chi connectivity index (χ3v) is 2.97. The van der Waals surface area contributed by atoms with Crippen molar-refractivity contribution >= 4 is 5.91 Å². The highest BCUT2D eigenvalue weighted by Gasteiger charge is 2.12. The monoisotopic (exact) mass is 254 g/mol. The fourth-order valence-electron chi connectivity index (χ4n) is 1.95. The second-order valence-electron chi connectivity index (χ2n) is 4.48. The Bertz CT molecular complexity index is 222. The molecule has 0 unspecified atom stereocenters. The molecule has 0 aromatic carbocycles. The summed E-state index contributed by atoms with van der Waals surface area (Å²) in [6.45, 7) is 11.8. The van der Waals surface area contributed by atoms with Crippen molar-refractivity contribution in [3.8, 4) is 0 Å². The van der Waals surface area contributed by atoms with Crippen molar-refractivity contribution < 1.29 is 4.79 Å². The Morgan fingerprint density at radius 3 is 2.17 bits per heavy atom. The third kappa shape index (κ3) is 6.74. The van der Waals surface area contributed by atoms with Crippen LogP contribution in [0.5, 0.6) is 0 Å². The van der Waals surface area contributed by atoms with E-state index in [4.69, 9.17) is 0 Å². The summed E-state index contributed by atoms with van der Waals surface area (Å²) < 4.78 is 0. The smallest absolute Gasteiger partial charge is 0.226 e. The molecule has 18 heavy (non-hydrogen) atoms. The highest BCUT2D eigenvalue weighted by molar-refractivity contribution is 5.77. The fraction of sp³-hybridized carbons (Fsp3) is 0.769. The lowest BCUT2D eigenvalue weighted by molar-refractivity contribution is -0.130. The molecule has 3 N–H and O–H groups in total. The maximum Gasteiger partial charge on any atom is 0.226 e. The summed E-state index contributed by atoms with van der Waals surface area (Å²) in [7, 11) is 0. The Labute approximate surface area is 110 Å². The van der Waals surface area contributed by atoms with Crippen LogP contribution in [0.1, 0.15) is 12.8 Å². The molecule has 0 radical (unpaired) electrons. The van der Waals surface area contributed by atoms with Gasteiger partial charge in [-0.05, 0) is 13.0 Å². The maximum atomic E-state index is 11.4. The summed E-state index contributed by atoms with van der Waals surface area (Å²) in [5.74, 6) is 0.203. The first-order valence-electron chi connectivity index (χ1n) is 6.85. The van der Waals surface area contributed by atoms with Crippen molar-refractivity contribution in [2.75, 3.05) is 52.4 Å². The van der Waals surface area contributed by atoms with Crippen LogP contribution in [0.2, 0.25) is 0 Å². The number of carbonyl (C=O) groups is 1. The molecule has 2 fully saturated rings. The molecule has 5 heteroatoms. The van der Waals surface area contributed by atoms with Gasteiger partial charge in [0.15, 0.2) is 0 Å². The zero-order valence-electron chi connectivity index (χ0n) is 11.2. The van der Waals surface area contributed by atoms with Gasteiger partial charge in [-0.3, -0.25) is 4.79 Å². The normalized spacial score (nSPS) is 20.3. The molecule has 0 aromatic rings. The standard InChI is InChI=1S/C9H16N2O.C4H10N2/c1-2-4-9(12)11-7-3-5-10-6-8-11;1-2-6-4-3-5-1/h2,10H,1,3-8H2;5-6H,1-4H2. The minimum Gasteiger partial charge on any atom is -0.341 e. The van der Waals surface area contributed by atoms with Gasteiger partial charge in [0, 0.05) is 52.2 Å². The van der Waals surface area contributed by atoms with Crippen molar-refractivity contribution in [3.63, 3.8) is 0 Å². The van der Waals surface area contributed by atoms with Gasteiger partial charge in [-0.15, -0.1) is 6.58 Å². The predicted molar refractivity (Wildman–Crippen MR) is 74.6 cm³/mol. The second-order valence-corrected chi connectivity index (χ2v) is 4.48.